The second kappa shape index (κ2) is 8.96. The summed E-state index contributed by atoms with van der Waals surface area (Å²) < 4.78 is 77.9. The maximum atomic E-state index is 13.9. The second-order valence-electron chi connectivity index (χ2n) is 7.87. The van der Waals surface area contributed by atoms with Crippen LogP contribution in [0.5, 0.6) is 0 Å². The van der Waals surface area contributed by atoms with Gasteiger partial charge in [0.2, 0.25) is 0 Å². The van der Waals surface area contributed by atoms with E-state index in [9.17, 15) is 35.9 Å². The number of carboxylic acid groups (broad SMARTS) is 1. The number of sulfone groups is 1. The van der Waals surface area contributed by atoms with E-state index in [1.807, 2.05) is 5.32 Å². The van der Waals surface area contributed by atoms with E-state index < -0.39 is 46.2 Å². The Kier molecular flexibility index (Phi) is 7.17. The SMILES string of the molecule is CC(C)(F)CC(N[C@@H](c1ccc(-c2ccc(S(C)(=O)=O)cc2)cc1)C(F)(F)F)C(=O)O. The van der Waals surface area contributed by atoms with Crippen molar-refractivity contribution in [3.63, 3.8) is 0 Å². The highest BCUT2D eigenvalue weighted by Crippen LogP contribution is 2.35. The summed E-state index contributed by atoms with van der Waals surface area (Å²) in [4.78, 5) is 11.5. The first-order valence-corrected chi connectivity index (χ1v) is 11.1. The zero-order valence-electron chi connectivity index (χ0n) is 17.1. The van der Waals surface area contributed by atoms with Gasteiger partial charge in [0.25, 0.3) is 0 Å². The van der Waals surface area contributed by atoms with Crippen LogP contribution in [0.25, 0.3) is 11.1 Å². The van der Waals surface area contributed by atoms with Crippen molar-refractivity contribution in [3.05, 3.63) is 54.1 Å². The van der Waals surface area contributed by atoms with Gasteiger partial charge >= 0.3 is 12.1 Å². The van der Waals surface area contributed by atoms with E-state index in [2.05, 4.69) is 0 Å². The lowest BCUT2D eigenvalue weighted by atomic mass is 9.97. The Balaban J connectivity index is 2.32. The summed E-state index contributed by atoms with van der Waals surface area (Å²) in [6.45, 7) is 2.19. The minimum absolute atomic E-state index is 0.115. The fraction of sp³-hybridized carbons (Fsp3) is 0.381. The number of alkyl halides is 4. The van der Waals surface area contributed by atoms with Crippen molar-refractivity contribution in [1.29, 1.82) is 0 Å². The molecule has 2 aromatic rings. The van der Waals surface area contributed by atoms with Crippen molar-refractivity contribution >= 4 is 15.8 Å². The largest absolute Gasteiger partial charge is 0.480 e. The molecular formula is C21H23F4NO4S. The van der Waals surface area contributed by atoms with Crippen molar-refractivity contribution < 1.29 is 35.9 Å². The highest BCUT2D eigenvalue weighted by Gasteiger charge is 2.43. The van der Waals surface area contributed by atoms with Gasteiger partial charge in [0.05, 0.1) is 4.90 Å². The molecular weight excluding hydrogens is 438 g/mol. The number of halogens is 4. The van der Waals surface area contributed by atoms with E-state index in [1.165, 1.54) is 48.5 Å². The minimum Gasteiger partial charge on any atom is -0.480 e. The third kappa shape index (κ3) is 7.03. The standard InChI is InChI=1S/C21H23F4NO4S/c1-20(2,22)12-17(19(27)28)26-18(21(23,24)25)15-6-4-13(5-7-15)14-8-10-16(11-9-14)31(3,29)30/h4-11,17-18,26H,12H2,1-3H3,(H,27,28)/t17?,18-/m0/s1. The summed E-state index contributed by atoms with van der Waals surface area (Å²) in [5.41, 5.74) is -1.07. The van der Waals surface area contributed by atoms with Gasteiger partial charge in [0.15, 0.2) is 9.84 Å². The molecule has 0 saturated carbocycles. The monoisotopic (exact) mass is 461 g/mol. The Hall–Kier alpha value is -2.46. The lowest BCUT2D eigenvalue weighted by Gasteiger charge is -2.28. The van der Waals surface area contributed by atoms with E-state index in [1.54, 1.807) is 0 Å². The molecule has 0 aromatic heterocycles. The van der Waals surface area contributed by atoms with Crippen LogP contribution in [0.15, 0.2) is 53.4 Å². The van der Waals surface area contributed by atoms with Gasteiger partial charge in [-0.3, -0.25) is 10.1 Å². The molecule has 0 radical (unpaired) electrons. The minimum atomic E-state index is -4.81. The molecule has 0 bridgehead atoms. The molecule has 0 heterocycles. The average molecular weight is 461 g/mol. The zero-order valence-corrected chi connectivity index (χ0v) is 17.9. The molecule has 0 aliphatic carbocycles. The van der Waals surface area contributed by atoms with Gasteiger partial charge in [0, 0.05) is 12.7 Å². The number of carboxylic acids is 1. The first kappa shape index (κ1) is 24.8. The average Bonchev–Trinajstić information content (AvgIpc) is 2.62. The van der Waals surface area contributed by atoms with Crippen molar-refractivity contribution in [2.75, 3.05) is 6.26 Å². The number of hydrogen-bond donors (Lipinski definition) is 2. The lowest BCUT2D eigenvalue weighted by Crippen LogP contribution is -2.47. The van der Waals surface area contributed by atoms with Gasteiger partial charge in [0.1, 0.15) is 17.8 Å². The van der Waals surface area contributed by atoms with Crippen LogP contribution in [0, 0.1) is 0 Å². The summed E-state index contributed by atoms with van der Waals surface area (Å²) >= 11 is 0. The first-order chi connectivity index (χ1) is 14.1. The molecule has 5 nitrogen and oxygen atoms in total. The van der Waals surface area contributed by atoms with Gasteiger partial charge < -0.3 is 5.11 Å². The van der Waals surface area contributed by atoms with E-state index in [0.29, 0.717) is 11.1 Å². The molecule has 10 heteroatoms. The number of hydrogen-bond acceptors (Lipinski definition) is 4. The molecule has 2 aromatic carbocycles. The van der Waals surface area contributed by atoms with Crippen LogP contribution in [-0.4, -0.2) is 43.6 Å². The molecule has 0 aliphatic rings. The summed E-state index contributed by atoms with van der Waals surface area (Å²) in [7, 11) is -3.38. The molecule has 0 amide bonds. The summed E-state index contributed by atoms with van der Waals surface area (Å²) in [5, 5.41) is 11.2. The molecule has 170 valence electrons. The Morgan fingerprint density at radius 3 is 1.77 bits per heavy atom. The lowest BCUT2D eigenvalue weighted by molar-refractivity contribution is -0.164. The van der Waals surface area contributed by atoms with Crippen LogP contribution in [0.4, 0.5) is 17.6 Å². The fourth-order valence-electron chi connectivity index (χ4n) is 3.05. The molecule has 2 rings (SSSR count). The van der Waals surface area contributed by atoms with Gasteiger partial charge in [-0.25, -0.2) is 12.8 Å². The zero-order chi connectivity index (χ0) is 23.6. The third-order valence-electron chi connectivity index (χ3n) is 4.54. The first-order valence-electron chi connectivity index (χ1n) is 9.23. The molecule has 0 spiro atoms. The highest BCUT2D eigenvalue weighted by molar-refractivity contribution is 7.90. The molecule has 0 fully saturated rings. The Labute approximate surface area is 178 Å². The Morgan fingerprint density at radius 1 is 0.968 bits per heavy atom. The molecule has 0 saturated heterocycles. The molecule has 1 unspecified atom stereocenters. The van der Waals surface area contributed by atoms with E-state index in [4.69, 9.17) is 0 Å². The van der Waals surface area contributed by atoms with Crippen LogP contribution < -0.4 is 5.32 Å². The van der Waals surface area contributed by atoms with Crippen molar-refractivity contribution in [2.45, 2.75) is 49.1 Å². The van der Waals surface area contributed by atoms with E-state index in [0.717, 1.165) is 20.1 Å². The maximum Gasteiger partial charge on any atom is 0.407 e. The second-order valence-corrected chi connectivity index (χ2v) is 9.89. The molecule has 2 N–H and O–H groups in total. The molecule has 2 atom stereocenters. The Bertz CT molecular complexity index is 1010. The van der Waals surface area contributed by atoms with Crippen LogP contribution in [-0.2, 0) is 14.6 Å². The number of carbonyl (C=O) groups is 1. The topological polar surface area (TPSA) is 83.5 Å². The van der Waals surface area contributed by atoms with Crippen LogP contribution >= 0.6 is 0 Å². The van der Waals surface area contributed by atoms with Crippen molar-refractivity contribution in [1.82, 2.24) is 5.32 Å². The van der Waals surface area contributed by atoms with Gasteiger partial charge in [-0.1, -0.05) is 36.4 Å². The van der Waals surface area contributed by atoms with Crippen LogP contribution in [0.3, 0.4) is 0 Å². The van der Waals surface area contributed by atoms with E-state index >= 15 is 0 Å². The summed E-state index contributed by atoms with van der Waals surface area (Å²) in [5.74, 6) is -1.58. The predicted octanol–water partition coefficient (Wildman–Crippen LogP) is 4.54. The summed E-state index contributed by atoms with van der Waals surface area (Å²) in [6, 6.07) is 7.05. The van der Waals surface area contributed by atoms with Gasteiger partial charge in [-0.05, 0) is 42.7 Å². The van der Waals surface area contributed by atoms with Crippen LogP contribution in [0.1, 0.15) is 31.9 Å². The smallest absolute Gasteiger partial charge is 0.407 e. The number of rotatable bonds is 8. The third-order valence-corrected chi connectivity index (χ3v) is 5.67. The van der Waals surface area contributed by atoms with Crippen molar-refractivity contribution in [3.8, 4) is 11.1 Å². The maximum absolute atomic E-state index is 13.9. The predicted molar refractivity (Wildman–Crippen MR) is 108 cm³/mol. The number of nitrogens with one attached hydrogen (secondary N) is 1. The normalized spacial score (nSPS) is 14.8. The summed E-state index contributed by atoms with van der Waals surface area (Å²) in [6.07, 6.45) is -4.39. The number of aliphatic carboxylic acids is 1. The Morgan fingerprint density at radius 2 is 1.42 bits per heavy atom. The quantitative estimate of drug-likeness (QED) is 0.564. The van der Waals surface area contributed by atoms with Gasteiger partial charge in [-0.15, -0.1) is 0 Å². The van der Waals surface area contributed by atoms with Gasteiger partial charge in [-0.2, -0.15) is 13.2 Å². The van der Waals surface area contributed by atoms with Crippen molar-refractivity contribution in [2.24, 2.45) is 0 Å². The van der Waals surface area contributed by atoms with Crippen LogP contribution in [0.2, 0.25) is 0 Å². The molecule has 31 heavy (non-hydrogen) atoms. The molecule has 0 aliphatic heterocycles. The number of benzene rings is 2. The fourth-order valence-corrected chi connectivity index (χ4v) is 3.68. The van der Waals surface area contributed by atoms with E-state index in [-0.39, 0.29) is 10.5 Å². The highest BCUT2D eigenvalue weighted by atomic mass is 32.2.